The number of primary amides is 1. The van der Waals surface area contributed by atoms with Gasteiger partial charge < -0.3 is 21.1 Å². The third-order valence-corrected chi connectivity index (χ3v) is 4.00. The molecule has 0 unspecified atom stereocenters. The van der Waals surface area contributed by atoms with Gasteiger partial charge in [-0.15, -0.1) is 12.3 Å². The van der Waals surface area contributed by atoms with Gasteiger partial charge in [0.25, 0.3) is 0 Å². The number of hydrogen-bond acceptors (Lipinski definition) is 4. The summed E-state index contributed by atoms with van der Waals surface area (Å²) in [7, 11) is 0. The molecule has 0 saturated carbocycles. The highest BCUT2D eigenvalue weighted by Crippen LogP contribution is 2.08. The third-order valence-electron chi connectivity index (χ3n) is 4.00. The predicted molar refractivity (Wildman–Crippen MR) is 107 cm³/mol. The van der Waals surface area contributed by atoms with Gasteiger partial charge >= 0.3 is 6.09 Å². The molecule has 152 valence electrons. The first-order valence-corrected chi connectivity index (χ1v) is 9.33. The largest absolute Gasteiger partial charge is 0.445 e. The minimum atomic E-state index is -0.836. The second-order valence-electron chi connectivity index (χ2n) is 6.95. The van der Waals surface area contributed by atoms with E-state index >= 15 is 0 Å². The van der Waals surface area contributed by atoms with E-state index in [4.69, 9.17) is 16.9 Å². The van der Waals surface area contributed by atoms with Crippen molar-refractivity contribution >= 4 is 17.9 Å². The quantitative estimate of drug-likeness (QED) is 0.399. The molecule has 0 saturated heterocycles. The Labute approximate surface area is 166 Å². The van der Waals surface area contributed by atoms with Crippen LogP contribution in [0.4, 0.5) is 4.79 Å². The lowest BCUT2D eigenvalue weighted by atomic mass is 10.0. The first kappa shape index (κ1) is 23.0. The Morgan fingerprint density at radius 3 is 2.39 bits per heavy atom. The van der Waals surface area contributed by atoms with Crippen molar-refractivity contribution in [3.8, 4) is 12.3 Å². The van der Waals surface area contributed by atoms with E-state index < -0.39 is 30.0 Å². The van der Waals surface area contributed by atoms with Crippen LogP contribution in [0.25, 0.3) is 0 Å². The monoisotopic (exact) mass is 387 g/mol. The number of rotatable bonds is 11. The van der Waals surface area contributed by atoms with Gasteiger partial charge in [-0.1, -0.05) is 44.2 Å². The standard InChI is InChI=1S/C21H29N3O4/c1-4-5-7-12-17(19(22)25)23-20(26)18(13-15(2)3)24-21(27)28-14-16-10-8-6-9-11-16/h1,6,8-11,15,17-18H,5,7,12-14H2,2-3H3,(H2,22,25)(H,23,26)(H,24,27)/t17-,18-/m0/s1. The van der Waals surface area contributed by atoms with Crippen LogP contribution in [0.3, 0.4) is 0 Å². The normalized spacial score (nSPS) is 12.5. The fraction of sp³-hybridized carbons (Fsp3) is 0.476. The number of nitrogens with two attached hydrogens (primary N) is 1. The van der Waals surface area contributed by atoms with E-state index in [2.05, 4.69) is 16.6 Å². The maximum absolute atomic E-state index is 12.6. The maximum Gasteiger partial charge on any atom is 0.408 e. The lowest BCUT2D eigenvalue weighted by Crippen LogP contribution is -2.53. The number of hydrogen-bond donors (Lipinski definition) is 3. The number of amides is 3. The first-order valence-electron chi connectivity index (χ1n) is 9.33. The van der Waals surface area contributed by atoms with Crippen LogP contribution < -0.4 is 16.4 Å². The molecular weight excluding hydrogens is 358 g/mol. The van der Waals surface area contributed by atoms with Gasteiger partial charge in [0.2, 0.25) is 11.8 Å². The van der Waals surface area contributed by atoms with Crippen LogP contribution in [0.2, 0.25) is 0 Å². The van der Waals surface area contributed by atoms with Crippen LogP contribution in [-0.2, 0) is 20.9 Å². The Kier molecular flexibility index (Phi) is 10.2. The van der Waals surface area contributed by atoms with Crippen molar-refractivity contribution in [3.05, 3.63) is 35.9 Å². The Hall–Kier alpha value is -3.01. The molecular formula is C21H29N3O4. The second kappa shape index (κ2) is 12.4. The number of terminal acetylenes is 1. The topological polar surface area (TPSA) is 111 Å². The van der Waals surface area contributed by atoms with Gasteiger partial charge in [0.05, 0.1) is 0 Å². The lowest BCUT2D eigenvalue weighted by Gasteiger charge is -2.23. The zero-order valence-electron chi connectivity index (χ0n) is 16.4. The molecule has 0 aromatic heterocycles. The molecule has 4 N–H and O–H groups in total. The van der Waals surface area contributed by atoms with Crippen LogP contribution in [-0.4, -0.2) is 30.0 Å². The van der Waals surface area contributed by atoms with Crippen molar-refractivity contribution in [1.82, 2.24) is 10.6 Å². The molecule has 0 spiro atoms. The molecule has 1 rings (SSSR count). The van der Waals surface area contributed by atoms with Crippen molar-refractivity contribution in [2.75, 3.05) is 0 Å². The van der Waals surface area contributed by atoms with Gasteiger partial charge in [-0.05, 0) is 30.7 Å². The SMILES string of the molecule is C#CCCC[C@H](NC(=O)[C@H](CC(C)C)NC(=O)OCc1ccccc1)C(N)=O. The van der Waals surface area contributed by atoms with Gasteiger partial charge in [-0.2, -0.15) is 0 Å². The molecule has 7 nitrogen and oxygen atoms in total. The Bertz CT molecular complexity index is 683. The van der Waals surface area contributed by atoms with Gasteiger partial charge in [0.1, 0.15) is 18.7 Å². The van der Waals surface area contributed by atoms with Crippen LogP contribution >= 0.6 is 0 Å². The van der Waals surface area contributed by atoms with Crippen molar-refractivity contribution in [2.24, 2.45) is 11.7 Å². The second-order valence-corrected chi connectivity index (χ2v) is 6.95. The van der Waals surface area contributed by atoms with Crippen LogP contribution in [0, 0.1) is 18.3 Å². The number of nitrogens with one attached hydrogen (secondary N) is 2. The molecule has 1 aromatic carbocycles. The van der Waals surface area contributed by atoms with Crippen LogP contribution in [0.15, 0.2) is 30.3 Å². The van der Waals surface area contributed by atoms with E-state index in [0.29, 0.717) is 25.7 Å². The molecule has 2 atom stereocenters. The Morgan fingerprint density at radius 2 is 1.82 bits per heavy atom. The number of alkyl carbamates (subject to hydrolysis) is 1. The highest BCUT2D eigenvalue weighted by Gasteiger charge is 2.26. The minimum Gasteiger partial charge on any atom is -0.445 e. The summed E-state index contributed by atoms with van der Waals surface area (Å²) in [5.41, 5.74) is 6.20. The van der Waals surface area contributed by atoms with E-state index in [9.17, 15) is 14.4 Å². The van der Waals surface area contributed by atoms with Crippen LogP contribution in [0.5, 0.6) is 0 Å². The third kappa shape index (κ3) is 9.08. The van der Waals surface area contributed by atoms with E-state index in [-0.39, 0.29) is 12.5 Å². The summed E-state index contributed by atoms with van der Waals surface area (Å²) in [4.78, 5) is 36.3. The Balaban J connectivity index is 2.66. The van der Waals surface area contributed by atoms with Crippen molar-refractivity contribution in [1.29, 1.82) is 0 Å². The number of unbranched alkanes of at least 4 members (excludes halogenated alkanes) is 1. The average Bonchev–Trinajstić information content (AvgIpc) is 2.65. The summed E-state index contributed by atoms with van der Waals surface area (Å²) < 4.78 is 5.18. The molecule has 0 aliphatic rings. The summed E-state index contributed by atoms with van der Waals surface area (Å²) in [5, 5.41) is 5.18. The molecule has 0 fully saturated rings. The molecule has 0 radical (unpaired) electrons. The molecule has 0 bridgehead atoms. The first-order chi connectivity index (χ1) is 13.3. The van der Waals surface area contributed by atoms with Crippen LogP contribution in [0.1, 0.15) is 45.1 Å². The molecule has 0 heterocycles. The molecule has 0 aliphatic heterocycles. The maximum atomic E-state index is 12.6. The number of benzene rings is 1. The highest BCUT2D eigenvalue weighted by atomic mass is 16.5. The van der Waals surface area contributed by atoms with Gasteiger partial charge in [-0.25, -0.2) is 4.79 Å². The number of carbonyl (C=O) groups excluding carboxylic acids is 3. The van der Waals surface area contributed by atoms with Gasteiger partial charge in [0.15, 0.2) is 0 Å². The summed E-state index contributed by atoms with van der Waals surface area (Å²) in [6, 6.07) is 7.55. The highest BCUT2D eigenvalue weighted by molar-refractivity contribution is 5.90. The zero-order valence-corrected chi connectivity index (χ0v) is 16.4. The van der Waals surface area contributed by atoms with E-state index in [1.54, 1.807) is 0 Å². The molecule has 28 heavy (non-hydrogen) atoms. The smallest absolute Gasteiger partial charge is 0.408 e. The predicted octanol–water partition coefficient (Wildman–Crippen LogP) is 2.10. The lowest BCUT2D eigenvalue weighted by molar-refractivity contribution is -0.129. The molecule has 1 aromatic rings. The molecule has 3 amide bonds. The summed E-state index contributed by atoms with van der Waals surface area (Å²) >= 11 is 0. The average molecular weight is 387 g/mol. The minimum absolute atomic E-state index is 0.0959. The molecule has 7 heteroatoms. The number of carbonyl (C=O) groups is 3. The van der Waals surface area contributed by atoms with E-state index in [1.807, 2.05) is 44.2 Å². The van der Waals surface area contributed by atoms with Crippen molar-refractivity contribution < 1.29 is 19.1 Å². The van der Waals surface area contributed by atoms with Crippen molar-refractivity contribution in [3.63, 3.8) is 0 Å². The summed E-state index contributed by atoms with van der Waals surface area (Å²) in [5.74, 6) is 1.50. The van der Waals surface area contributed by atoms with E-state index in [0.717, 1.165) is 5.56 Å². The fourth-order valence-corrected chi connectivity index (χ4v) is 2.58. The Morgan fingerprint density at radius 1 is 1.14 bits per heavy atom. The zero-order chi connectivity index (χ0) is 20.9. The van der Waals surface area contributed by atoms with E-state index in [1.165, 1.54) is 0 Å². The van der Waals surface area contributed by atoms with Gasteiger partial charge in [0, 0.05) is 6.42 Å². The summed E-state index contributed by atoms with van der Waals surface area (Å²) in [6.07, 6.45) is 6.29. The van der Waals surface area contributed by atoms with Gasteiger partial charge in [-0.3, -0.25) is 9.59 Å². The van der Waals surface area contributed by atoms with Crippen molar-refractivity contribution in [2.45, 2.75) is 58.2 Å². The molecule has 0 aliphatic carbocycles. The summed E-state index contributed by atoms with van der Waals surface area (Å²) in [6.45, 7) is 3.95. The fourth-order valence-electron chi connectivity index (χ4n) is 2.58. The number of ether oxygens (including phenoxy) is 1.